The molecule has 1 aliphatic heterocycles. The van der Waals surface area contributed by atoms with Gasteiger partial charge in [0.1, 0.15) is 6.04 Å². The van der Waals surface area contributed by atoms with Crippen LogP contribution in [0.25, 0.3) is 0 Å². The molecule has 1 amide bonds. The molecule has 0 spiro atoms. The van der Waals surface area contributed by atoms with E-state index in [1.165, 1.54) is 16.2 Å². The van der Waals surface area contributed by atoms with Crippen LogP contribution in [-0.2, 0) is 11.3 Å². The molecule has 0 aromatic carbocycles. The Morgan fingerprint density at radius 1 is 1.07 bits per heavy atom. The zero-order valence-electron chi connectivity index (χ0n) is 14.1. The highest BCUT2D eigenvalue weighted by Gasteiger charge is 2.44. The molecule has 3 aromatic rings. The third-order valence-electron chi connectivity index (χ3n) is 4.32. The summed E-state index contributed by atoms with van der Waals surface area (Å²) in [7, 11) is 0. The number of aromatic nitrogens is 2. The molecule has 0 aliphatic carbocycles. The molecule has 6 nitrogen and oxygen atoms in total. The second-order valence-electron chi connectivity index (χ2n) is 5.98. The summed E-state index contributed by atoms with van der Waals surface area (Å²) in [6.45, 7) is 0.159. The topological polar surface area (TPSA) is 83.4 Å². The van der Waals surface area contributed by atoms with E-state index >= 15 is 0 Å². The van der Waals surface area contributed by atoms with E-state index < -0.39 is 17.7 Å². The van der Waals surface area contributed by atoms with E-state index in [1.54, 1.807) is 60.2 Å². The smallest absolute Gasteiger partial charge is 0.290 e. The van der Waals surface area contributed by atoms with E-state index in [1.807, 2.05) is 6.07 Å². The molecule has 7 heteroatoms. The summed E-state index contributed by atoms with van der Waals surface area (Å²) in [5.74, 6) is -1.49. The molecule has 0 saturated carbocycles. The number of pyridine rings is 2. The first-order chi connectivity index (χ1) is 13.2. The van der Waals surface area contributed by atoms with Gasteiger partial charge in [0.25, 0.3) is 5.91 Å². The number of carbonyl (C=O) groups excluding carboxylic acids is 2. The van der Waals surface area contributed by atoms with E-state index in [2.05, 4.69) is 9.97 Å². The van der Waals surface area contributed by atoms with Gasteiger partial charge >= 0.3 is 0 Å². The number of aliphatic hydroxyl groups is 1. The van der Waals surface area contributed by atoms with Crippen LogP contribution < -0.4 is 0 Å². The fraction of sp³-hybridized carbons (Fsp3) is 0.100. The molecule has 27 heavy (non-hydrogen) atoms. The zero-order valence-corrected chi connectivity index (χ0v) is 15.0. The number of Topliss-reactive ketones (excluding diaryl/α,β-unsaturated/α-hetero) is 1. The molecule has 0 saturated heterocycles. The molecule has 1 aliphatic rings. The van der Waals surface area contributed by atoms with Gasteiger partial charge in [-0.25, -0.2) is 0 Å². The normalized spacial score (nSPS) is 16.8. The molecule has 1 atom stereocenters. The van der Waals surface area contributed by atoms with Crippen LogP contribution in [0.2, 0.25) is 0 Å². The van der Waals surface area contributed by atoms with Crippen molar-refractivity contribution >= 4 is 23.0 Å². The highest BCUT2D eigenvalue weighted by molar-refractivity contribution is 7.12. The van der Waals surface area contributed by atoms with Crippen LogP contribution in [0.1, 0.15) is 27.1 Å². The van der Waals surface area contributed by atoms with Crippen LogP contribution in [0.15, 0.2) is 77.6 Å². The van der Waals surface area contributed by atoms with Gasteiger partial charge in [-0.1, -0.05) is 18.2 Å². The van der Waals surface area contributed by atoms with E-state index in [9.17, 15) is 14.7 Å². The lowest BCUT2D eigenvalue weighted by Crippen LogP contribution is -2.31. The largest absolute Gasteiger partial charge is 0.503 e. The summed E-state index contributed by atoms with van der Waals surface area (Å²) in [5, 5.41) is 12.3. The van der Waals surface area contributed by atoms with Crippen molar-refractivity contribution in [2.45, 2.75) is 12.6 Å². The molecule has 1 unspecified atom stereocenters. The average molecular weight is 377 g/mol. The van der Waals surface area contributed by atoms with Gasteiger partial charge in [-0.3, -0.25) is 19.6 Å². The first-order valence-electron chi connectivity index (χ1n) is 8.30. The molecule has 0 radical (unpaired) electrons. The lowest BCUT2D eigenvalue weighted by atomic mass is 9.99. The maximum atomic E-state index is 13.0. The van der Waals surface area contributed by atoms with Crippen molar-refractivity contribution in [3.8, 4) is 0 Å². The summed E-state index contributed by atoms with van der Waals surface area (Å²) in [6, 6.07) is 13.3. The van der Waals surface area contributed by atoms with Gasteiger partial charge in [0, 0.05) is 12.4 Å². The minimum atomic E-state index is -0.768. The predicted octanol–water partition coefficient (Wildman–Crippen LogP) is 3.32. The predicted molar refractivity (Wildman–Crippen MR) is 100 cm³/mol. The van der Waals surface area contributed by atoms with Crippen LogP contribution >= 0.6 is 11.3 Å². The summed E-state index contributed by atoms with van der Waals surface area (Å²) < 4.78 is 0. The van der Waals surface area contributed by atoms with Crippen LogP contribution in [0.4, 0.5) is 0 Å². The Labute approximate surface area is 159 Å². The molecule has 0 bridgehead atoms. The molecule has 3 aromatic heterocycles. The van der Waals surface area contributed by atoms with Gasteiger partial charge in [-0.15, -0.1) is 11.3 Å². The Kier molecular flexibility index (Phi) is 4.52. The molecule has 134 valence electrons. The minimum absolute atomic E-state index is 0.0529. The van der Waals surface area contributed by atoms with Crippen LogP contribution in [0.3, 0.4) is 0 Å². The quantitative estimate of drug-likeness (QED) is 0.690. The SMILES string of the molecule is O=C(C1=C(O)C(=O)N(Cc2ccccn2)C1c1ccccn1)c1cccs1. The lowest BCUT2D eigenvalue weighted by molar-refractivity contribution is -0.130. The number of aliphatic hydroxyl groups excluding tert-OH is 1. The molecule has 1 N–H and O–H groups in total. The van der Waals surface area contributed by atoms with Gasteiger partial charge in [0.2, 0.25) is 5.78 Å². The maximum absolute atomic E-state index is 13.0. The van der Waals surface area contributed by atoms with Gasteiger partial charge in [-0.05, 0) is 35.7 Å². The molecule has 4 rings (SSSR count). The minimum Gasteiger partial charge on any atom is -0.503 e. The number of carbonyl (C=O) groups is 2. The van der Waals surface area contributed by atoms with E-state index in [4.69, 9.17) is 0 Å². The number of ketones is 1. The first-order valence-corrected chi connectivity index (χ1v) is 9.18. The number of nitrogens with zero attached hydrogens (tertiary/aromatic N) is 3. The highest BCUT2D eigenvalue weighted by atomic mass is 32.1. The highest BCUT2D eigenvalue weighted by Crippen LogP contribution is 2.39. The fourth-order valence-corrected chi connectivity index (χ4v) is 3.78. The summed E-state index contributed by atoms with van der Waals surface area (Å²) in [5.41, 5.74) is 1.23. The summed E-state index contributed by atoms with van der Waals surface area (Å²) in [4.78, 5) is 36.3. The van der Waals surface area contributed by atoms with Gasteiger partial charge < -0.3 is 10.0 Å². The van der Waals surface area contributed by atoms with Crippen molar-refractivity contribution in [3.05, 3.63) is 93.9 Å². The van der Waals surface area contributed by atoms with E-state index in [-0.39, 0.29) is 17.9 Å². The Balaban J connectivity index is 1.79. The van der Waals surface area contributed by atoms with Crippen molar-refractivity contribution in [2.24, 2.45) is 0 Å². The van der Waals surface area contributed by atoms with Crippen molar-refractivity contribution in [1.82, 2.24) is 14.9 Å². The van der Waals surface area contributed by atoms with E-state index in [0.29, 0.717) is 16.3 Å². The third kappa shape index (κ3) is 3.13. The number of hydrogen-bond donors (Lipinski definition) is 1. The Morgan fingerprint density at radius 2 is 1.85 bits per heavy atom. The Bertz CT molecular complexity index is 1000. The molecule has 0 fully saturated rings. The summed E-state index contributed by atoms with van der Waals surface area (Å²) in [6.07, 6.45) is 3.23. The molecular formula is C20H15N3O3S. The first kappa shape index (κ1) is 17.1. The van der Waals surface area contributed by atoms with Crippen molar-refractivity contribution in [2.75, 3.05) is 0 Å². The van der Waals surface area contributed by atoms with Crippen LogP contribution in [0, 0.1) is 0 Å². The summed E-state index contributed by atoms with van der Waals surface area (Å²) >= 11 is 1.27. The number of rotatable bonds is 5. The number of thiophene rings is 1. The van der Waals surface area contributed by atoms with Crippen molar-refractivity contribution < 1.29 is 14.7 Å². The monoisotopic (exact) mass is 377 g/mol. The maximum Gasteiger partial charge on any atom is 0.290 e. The fourth-order valence-electron chi connectivity index (χ4n) is 3.10. The Hall–Kier alpha value is -3.32. The van der Waals surface area contributed by atoms with E-state index in [0.717, 1.165) is 0 Å². The second-order valence-corrected chi connectivity index (χ2v) is 6.93. The molecule has 4 heterocycles. The number of hydrogen-bond acceptors (Lipinski definition) is 6. The van der Waals surface area contributed by atoms with Crippen molar-refractivity contribution in [1.29, 1.82) is 0 Å². The number of amides is 1. The van der Waals surface area contributed by atoms with Crippen LogP contribution in [0.5, 0.6) is 0 Å². The van der Waals surface area contributed by atoms with Gasteiger partial charge in [0.15, 0.2) is 5.76 Å². The lowest BCUT2D eigenvalue weighted by Gasteiger charge is -2.25. The van der Waals surface area contributed by atoms with Crippen molar-refractivity contribution in [3.63, 3.8) is 0 Å². The van der Waals surface area contributed by atoms with Crippen LogP contribution in [-0.4, -0.2) is 31.7 Å². The van der Waals surface area contributed by atoms with Gasteiger partial charge in [0.05, 0.1) is 28.4 Å². The second kappa shape index (κ2) is 7.13. The molecular weight excluding hydrogens is 362 g/mol. The van der Waals surface area contributed by atoms with Gasteiger partial charge in [-0.2, -0.15) is 0 Å². The zero-order chi connectivity index (χ0) is 18.8. The Morgan fingerprint density at radius 3 is 2.48 bits per heavy atom. The average Bonchev–Trinajstić information content (AvgIpc) is 3.32. The third-order valence-corrected chi connectivity index (χ3v) is 5.19. The standard InChI is InChI=1S/C20H15N3O3S/c24-18(15-8-5-11-27-15)16-17(14-7-2-4-10-22-14)23(20(26)19(16)25)12-13-6-1-3-9-21-13/h1-11,17,25H,12H2.